The molecule has 26 heavy (non-hydrogen) atoms. The minimum atomic E-state index is 0. The Hall–Kier alpha value is -2.04. The van der Waals surface area contributed by atoms with Gasteiger partial charge >= 0.3 is 0 Å². The van der Waals surface area contributed by atoms with Crippen LogP contribution in [0.4, 0.5) is 0 Å². The molecular weight excluding hydrogens is 348 g/mol. The fourth-order valence-corrected chi connectivity index (χ4v) is 2.96. The summed E-state index contributed by atoms with van der Waals surface area (Å²) in [5.74, 6) is 1.33. The molecule has 1 heterocycles. The molecule has 1 aliphatic heterocycles. The number of benzene rings is 2. The van der Waals surface area contributed by atoms with Crippen molar-refractivity contribution in [1.82, 2.24) is 10.6 Å². The number of ether oxygens (including phenoxy) is 1. The van der Waals surface area contributed by atoms with E-state index < -0.39 is 0 Å². The summed E-state index contributed by atoms with van der Waals surface area (Å²) < 4.78 is 5.65. The molecule has 0 aromatic heterocycles. The lowest BCUT2D eigenvalue weighted by Crippen LogP contribution is -2.24. The van der Waals surface area contributed by atoms with Gasteiger partial charge < -0.3 is 15.4 Å². The van der Waals surface area contributed by atoms with Crippen molar-refractivity contribution in [1.29, 1.82) is 0 Å². The Morgan fingerprint density at radius 2 is 1.85 bits per heavy atom. The van der Waals surface area contributed by atoms with E-state index in [4.69, 9.17) is 4.74 Å². The smallest absolute Gasteiger partial charge is 0.223 e. The summed E-state index contributed by atoms with van der Waals surface area (Å²) in [5, 5.41) is 6.29. The SMILES string of the molecule is CC(C)c1ccc(OCCC(=O)NCc2ccc3c(c2)CNC3)cc1.Cl. The Labute approximate surface area is 161 Å². The molecule has 0 saturated heterocycles. The van der Waals surface area contributed by atoms with E-state index in [-0.39, 0.29) is 18.3 Å². The molecule has 4 nitrogen and oxygen atoms in total. The van der Waals surface area contributed by atoms with Gasteiger partial charge in [0.2, 0.25) is 5.91 Å². The third kappa shape index (κ3) is 5.48. The van der Waals surface area contributed by atoms with Crippen LogP contribution >= 0.6 is 12.4 Å². The molecule has 2 aromatic carbocycles. The largest absolute Gasteiger partial charge is 0.493 e. The highest BCUT2D eigenvalue weighted by Gasteiger charge is 2.10. The second-order valence-electron chi connectivity index (χ2n) is 6.81. The van der Waals surface area contributed by atoms with Gasteiger partial charge in [0.05, 0.1) is 13.0 Å². The normalized spacial score (nSPS) is 12.4. The summed E-state index contributed by atoms with van der Waals surface area (Å²) in [4.78, 5) is 12.0. The summed E-state index contributed by atoms with van der Waals surface area (Å²) in [5.41, 5.74) is 5.11. The molecule has 140 valence electrons. The monoisotopic (exact) mass is 374 g/mol. The predicted molar refractivity (Wildman–Crippen MR) is 107 cm³/mol. The summed E-state index contributed by atoms with van der Waals surface area (Å²) >= 11 is 0. The highest BCUT2D eigenvalue weighted by Crippen LogP contribution is 2.19. The lowest BCUT2D eigenvalue weighted by Gasteiger charge is -2.10. The highest BCUT2D eigenvalue weighted by atomic mass is 35.5. The molecule has 0 unspecified atom stereocenters. The summed E-state index contributed by atoms with van der Waals surface area (Å²) in [7, 11) is 0. The first-order valence-corrected chi connectivity index (χ1v) is 8.92. The van der Waals surface area contributed by atoms with Crippen LogP contribution in [0, 0.1) is 0 Å². The maximum Gasteiger partial charge on any atom is 0.223 e. The third-order valence-electron chi connectivity index (χ3n) is 4.54. The van der Waals surface area contributed by atoms with Gasteiger partial charge in [-0.05, 0) is 40.3 Å². The van der Waals surface area contributed by atoms with Gasteiger partial charge in [-0.1, -0.05) is 44.2 Å². The van der Waals surface area contributed by atoms with Gasteiger partial charge in [-0.25, -0.2) is 0 Å². The molecule has 2 N–H and O–H groups in total. The molecule has 3 rings (SSSR count). The average molecular weight is 375 g/mol. The van der Waals surface area contributed by atoms with Gasteiger partial charge in [0.15, 0.2) is 0 Å². The molecule has 2 aromatic rings. The lowest BCUT2D eigenvalue weighted by molar-refractivity contribution is -0.121. The van der Waals surface area contributed by atoms with Gasteiger partial charge in [0.1, 0.15) is 5.75 Å². The number of hydrogen-bond acceptors (Lipinski definition) is 3. The van der Waals surface area contributed by atoms with Crippen molar-refractivity contribution in [2.75, 3.05) is 6.61 Å². The Balaban J connectivity index is 0.00000243. The Kier molecular flexibility index (Phi) is 7.49. The topological polar surface area (TPSA) is 50.4 Å². The van der Waals surface area contributed by atoms with Gasteiger partial charge in [0.25, 0.3) is 0 Å². The van der Waals surface area contributed by atoms with Crippen molar-refractivity contribution < 1.29 is 9.53 Å². The van der Waals surface area contributed by atoms with Gasteiger partial charge in [-0.2, -0.15) is 0 Å². The van der Waals surface area contributed by atoms with Crippen LogP contribution in [0.5, 0.6) is 5.75 Å². The van der Waals surface area contributed by atoms with Crippen LogP contribution in [0.3, 0.4) is 0 Å². The van der Waals surface area contributed by atoms with E-state index in [0.717, 1.165) is 24.4 Å². The van der Waals surface area contributed by atoms with Crippen LogP contribution in [-0.2, 0) is 24.4 Å². The van der Waals surface area contributed by atoms with Gasteiger partial charge in [-0.3, -0.25) is 4.79 Å². The molecule has 1 amide bonds. The number of amides is 1. The molecule has 0 fully saturated rings. The first-order chi connectivity index (χ1) is 12.1. The third-order valence-corrected chi connectivity index (χ3v) is 4.54. The van der Waals surface area contributed by atoms with Crippen LogP contribution in [0.1, 0.15) is 48.4 Å². The first-order valence-electron chi connectivity index (χ1n) is 8.92. The predicted octanol–water partition coefficient (Wildman–Crippen LogP) is 3.92. The minimum absolute atomic E-state index is 0. The van der Waals surface area contributed by atoms with Crippen LogP contribution in [-0.4, -0.2) is 12.5 Å². The number of nitrogens with one attached hydrogen (secondary N) is 2. The van der Waals surface area contributed by atoms with E-state index in [1.54, 1.807) is 0 Å². The van der Waals surface area contributed by atoms with E-state index in [2.05, 4.69) is 54.8 Å². The summed E-state index contributed by atoms with van der Waals surface area (Å²) in [6.45, 7) is 7.14. The molecular formula is C21H27ClN2O2. The highest BCUT2D eigenvalue weighted by molar-refractivity contribution is 5.85. The van der Waals surface area contributed by atoms with Crippen molar-refractivity contribution in [3.63, 3.8) is 0 Å². The quantitative estimate of drug-likeness (QED) is 0.772. The first kappa shape index (κ1) is 20.3. The Morgan fingerprint density at radius 3 is 2.58 bits per heavy atom. The van der Waals surface area contributed by atoms with Crippen LogP contribution in [0.15, 0.2) is 42.5 Å². The van der Waals surface area contributed by atoms with Crippen molar-refractivity contribution in [3.05, 3.63) is 64.7 Å². The number of fused-ring (bicyclic) bond motifs is 1. The average Bonchev–Trinajstić information content (AvgIpc) is 3.08. The minimum Gasteiger partial charge on any atom is -0.493 e. The second-order valence-corrected chi connectivity index (χ2v) is 6.81. The number of carbonyl (C=O) groups excluding carboxylic acids is 1. The lowest BCUT2D eigenvalue weighted by atomic mass is 10.0. The van der Waals surface area contributed by atoms with Gasteiger partial charge in [-0.15, -0.1) is 12.4 Å². The van der Waals surface area contributed by atoms with Crippen molar-refractivity contribution in [3.8, 4) is 5.75 Å². The zero-order chi connectivity index (χ0) is 17.6. The van der Waals surface area contributed by atoms with E-state index in [0.29, 0.717) is 25.5 Å². The Bertz CT molecular complexity index is 729. The van der Waals surface area contributed by atoms with E-state index >= 15 is 0 Å². The number of rotatable bonds is 7. The van der Waals surface area contributed by atoms with Crippen molar-refractivity contribution in [2.45, 2.75) is 45.8 Å². The van der Waals surface area contributed by atoms with Gasteiger partial charge in [0, 0.05) is 19.6 Å². The number of carbonyl (C=O) groups is 1. The molecule has 1 aliphatic rings. The molecule has 0 aliphatic carbocycles. The number of hydrogen-bond donors (Lipinski definition) is 2. The maximum atomic E-state index is 12.0. The Morgan fingerprint density at radius 1 is 1.12 bits per heavy atom. The van der Waals surface area contributed by atoms with Crippen LogP contribution < -0.4 is 15.4 Å². The fraction of sp³-hybridized carbons (Fsp3) is 0.381. The molecule has 0 atom stereocenters. The second kappa shape index (κ2) is 9.60. The summed E-state index contributed by atoms with van der Waals surface area (Å²) in [6, 6.07) is 14.5. The maximum absolute atomic E-state index is 12.0. The zero-order valence-corrected chi connectivity index (χ0v) is 16.2. The zero-order valence-electron chi connectivity index (χ0n) is 15.4. The number of halogens is 1. The molecule has 0 saturated carbocycles. The van der Waals surface area contributed by atoms with E-state index in [9.17, 15) is 4.79 Å². The molecule has 5 heteroatoms. The van der Waals surface area contributed by atoms with Crippen LogP contribution in [0.2, 0.25) is 0 Å². The molecule has 0 radical (unpaired) electrons. The molecule has 0 bridgehead atoms. The standard InChI is InChI=1S/C21H26N2O2.ClH/c1-15(2)17-5-7-20(8-6-17)25-10-9-21(24)23-12-16-3-4-18-13-22-14-19(18)11-16;/h3-8,11,15,22H,9-10,12-14H2,1-2H3,(H,23,24);1H. The van der Waals surface area contributed by atoms with Crippen molar-refractivity contribution in [2.24, 2.45) is 0 Å². The molecule has 0 spiro atoms. The summed E-state index contributed by atoms with van der Waals surface area (Å²) in [6.07, 6.45) is 0.360. The van der Waals surface area contributed by atoms with E-state index in [1.807, 2.05) is 12.1 Å². The van der Waals surface area contributed by atoms with E-state index in [1.165, 1.54) is 16.7 Å². The van der Waals surface area contributed by atoms with Crippen molar-refractivity contribution >= 4 is 18.3 Å². The fourth-order valence-electron chi connectivity index (χ4n) is 2.96. The van der Waals surface area contributed by atoms with Crippen LogP contribution in [0.25, 0.3) is 0 Å².